The number of para-hydroxylation sites is 1. The van der Waals surface area contributed by atoms with Crippen LogP contribution in [0.5, 0.6) is 0 Å². The van der Waals surface area contributed by atoms with Gasteiger partial charge in [0.15, 0.2) is 0 Å². The number of H-pyrrole nitrogens is 1. The predicted octanol–water partition coefficient (Wildman–Crippen LogP) is 5.75. The van der Waals surface area contributed by atoms with E-state index < -0.39 is 12.0 Å². The number of hydrogen-bond acceptors (Lipinski definition) is 5. The van der Waals surface area contributed by atoms with E-state index in [0.29, 0.717) is 30.0 Å². The second-order valence-corrected chi connectivity index (χ2v) is 12.8. The summed E-state index contributed by atoms with van der Waals surface area (Å²) in [6.07, 6.45) is 14.6. The number of Topliss-reactive ketones (excluding diaryl/α,β-unsaturated/α-hetero) is 1. The lowest BCUT2D eigenvalue weighted by molar-refractivity contribution is -0.150. The highest BCUT2D eigenvalue weighted by atomic mass is 16.7. The summed E-state index contributed by atoms with van der Waals surface area (Å²) in [5.41, 5.74) is 13.8. The van der Waals surface area contributed by atoms with Gasteiger partial charge in [-0.1, -0.05) is 43.7 Å². The number of hydroxylamine groups is 1. The Morgan fingerprint density at radius 2 is 1.97 bits per heavy atom. The van der Waals surface area contributed by atoms with Crippen LogP contribution in [0.2, 0.25) is 0 Å². The van der Waals surface area contributed by atoms with Crippen molar-refractivity contribution in [2.45, 2.75) is 78.2 Å². The topological polar surface area (TPSA) is 97.2 Å². The molecule has 0 aliphatic heterocycles. The van der Waals surface area contributed by atoms with Gasteiger partial charge in [-0.05, 0) is 98.2 Å². The molecule has 0 bridgehead atoms. The fraction of sp³-hybridized carbons (Fsp3) is 0.562. The van der Waals surface area contributed by atoms with Gasteiger partial charge in [0.1, 0.15) is 11.8 Å². The van der Waals surface area contributed by atoms with Gasteiger partial charge < -0.3 is 15.6 Å². The van der Waals surface area contributed by atoms with Crippen LogP contribution < -0.4 is 11.2 Å². The molecule has 3 unspecified atom stereocenters. The lowest BCUT2D eigenvalue weighted by Gasteiger charge is -2.57. The molecule has 4 aliphatic rings. The molecule has 6 rings (SSSR count). The van der Waals surface area contributed by atoms with Crippen molar-refractivity contribution in [1.29, 1.82) is 0 Å². The van der Waals surface area contributed by atoms with E-state index in [2.05, 4.69) is 36.5 Å². The molecule has 4 aliphatic carbocycles. The number of ketones is 1. The fourth-order valence-electron chi connectivity index (χ4n) is 8.96. The summed E-state index contributed by atoms with van der Waals surface area (Å²) in [6, 6.07) is 7.26. The van der Waals surface area contributed by atoms with Crippen LogP contribution in [0.4, 0.5) is 0 Å². The second kappa shape index (κ2) is 9.41. The Morgan fingerprint density at radius 1 is 1.16 bits per heavy atom. The zero-order valence-corrected chi connectivity index (χ0v) is 22.9. The summed E-state index contributed by atoms with van der Waals surface area (Å²) in [5, 5.41) is 1.08. The van der Waals surface area contributed by atoms with Crippen LogP contribution in [0, 0.1) is 34.5 Å². The zero-order valence-electron chi connectivity index (χ0n) is 22.9. The summed E-state index contributed by atoms with van der Waals surface area (Å²) in [4.78, 5) is 33.8. The molecule has 0 spiro atoms. The van der Waals surface area contributed by atoms with E-state index in [1.54, 1.807) is 6.92 Å². The maximum absolute atomic E-state index is 12.7. The minimum Gasteiger partial charge on any atom is -0.361 e. The van der Waals surface area contributed by atoms with Gasteiger partial charge in [0.05, 0.1) is 5.70 Å². The predicted molar refractivity (Wildman–Crippen MR) is 149 cm³/mol. The van der Waals surface area contributed by atoms with Crippen molar-refractivity contribution in [1.82, 2.24) is 10.5 Å². The number of nitrogens with two attached hydrogens (primary N) is 1. The lowest BCUT2D eigenvalue weighted by atomic mass is 9.47. The number of rotatable bonds is 6. The second-order valence-electron chi connectivity index (χ2n) is 12.8. The van der Waals surface area contributed by atoms with Crippen molar-refractivity contribution in [2.24, 2.45) is 40.2 Å². The minimum atomic E-state index is -0.749. The number of aromatic amines is 1. The fourth-order valence-corrected chi connectivity index (χ4v) is 8.96. The quantitative estimate of drug-likeness (QED) is 0.426. The van der Waals surface area contributed by atoms with Crippen LogP contribution >= 0.6 is 0 Å². The summed E-state index contributed by atoms with van der Waals surface area (Å²) in [6.45, 7) is 6.64. The molecule has 0 saturated heterocycles. The maximum Gasteiger partial charge on any atom is 0.348 e. The first-order chi connectivity index (χ1) is 18.2. The molecule has 1 aromatic heterocycles. The minimum absolute atomic E-state index is 0.138. The number of carbonyl (C=O) groups excluding carboxylic acids is 2. The molecule has 6 nitrogen and oxygen atoms in total. The summed E-state index contributed by atoms with van der Waals surface area (Å²) in [7, 11) is 0. The molecule has 3 fully saturated rings. The number of benzene rings is 1. The Kier molecular flexibility index (Phi) is 6.29. The third kappa shape index (κ3) is 4.03. The molecular formula is C32H41N3O3. The Balaban J connectivity index is 1.09. The standard InChI is InChI=1S/C32H41N3O3/c1-19(36)25-10-11-26-24-9-8-21-17-22(12-14-31(21,2)27(24)13-15-32(25,26)3)35-38-30(37)28(33)16-20-18-34-29-7-5-4-6-23(20)29/h4-7,12,17-18,24-28,34-35H,8-11,13-16,33H2,1-3H3/t24?,25-,26?,27?,28+,31+,32-/m1/s1. The Bertz CT molecular complexity index is 1320. The summed E-state index contributed by atoms with van der Waals surface area (Å²) in [5.74, 6) is 2.19. The van der Waals surface area contributed by atoms with Crippen LogP contribution in [0.25, 0.3) is 10.9 Å². The maximum atomic E-state index is 12.7. The molecule has 0 amide bonds. The first-order valence-corrected chi connectivity index (χ1v) is 14.4. The van der Waals surface area contributed by atoms with Gasteiger partial charge in [0.2, 0.25) is 0 Å². The van der Waals surface area contributed by atoms with E-state index >= 15 is 0 Å². The van der Waals surface area contributed by atoms with Crippen molar-refractivity contribution in [3.8, 4) is 0 Å². The number of nitrogens with one attached hydrogen (secondary N) is 2. The third-order valence-corrected chi connectivity index (χ3v) is 11.0. The molecule has 2 aromatic rings. The molecule has 0 radical (unpaired) electrons. The van der Waals surface area contributed by atoms with Gasteiger partial charge in [0, 0.05) is 29.4 Å². The van der Waals surface area contributed by atoms with Crippen molar-refractivity contribution < 1.29 is 14.4 Å². The van der Waals surface area contributed by atoms with Crippen molar-refractivity contribution in [3.63, 3.8) is 0 Å². The van der Waals surface area contributed by atoms with Crippen molar-refractivity contribution in [3.05, 3.63) is 59.4 Å². The van der Waals surface area contributed by atoms with Crippen molar-refractivity contribution >= 4 is 22.7 Å². The average Bonchev–Trinajstić information content (AvgIpc) is 3.47. The number of carbonyl (C=O) groups is 2. The first kappa shape index (κ1) is 25.4. The van der Waals surface area contributed by atoms with E-state index in [9.17, 15) is 9.59 Å². The monoisotopic (exact) mass is 515 g/mol. The summed E-state index contributed by atoms with van der Waals surface area (Å²) >= 11 is 0. The van der Waals surface area contributed by atoms with Gasteiger partial charge in [-0.25, -0.2) is 10.3 Å². The normalized spacial score (nSPS) is 34.8. The van der Waals surface area contributed by atoms with Gasteiger partial charge >= 0.3 is 5.97 Å². The Hall–Kier alpha value is -2.86. The van der Waals surface area contributed by atoms with Crippen LogP contribution in [0.3, 0.4) is 0 Å². The largest absolute Gasteiger partial charge is 0.361 e. The van der Waals surface area contributed by atoms with E-state index in [0.717, 1.165) is 47.8 Å². The molecule has 3 saturated carbocycles. The van der Waals surface area contributed by atoms with E-state index in [4.69, 9.17) is 10.6 Å². The number of aromatic nitrogens is 1. The molecule has 4 N–H and O–H groups in total. The first-order valence-electron chi connectivity index (χ1n) is 14.4. The number of hydrogen-bond donors (Lipinski definition) is 3. The highest BCUT2D eigenvalue weighted by Crippen LogP contribution is 2.66. The molecule has 1 aromatic carbocycles. The van der Waals surface area contributed by atoms with Gasteiger partial charge in [-0.2, -0.15) is 0 Å². The van der Waals surface area contributed by atoms with Crippen LogP contribution in [0.15, 0.2) is 53.9 Å². The van der Waals surface area contributed by atoms with Crippen LogP contribution in [0.1, 0.15) is 71.3 Å². The molecule has 7 atom stereocenters. The van der Waals surface area contributed by atoms with Crippen molar-refractivity contribution in [2.75, 3.05) is 0 Å². The Morgan fingerprint density at radius 3 is 2.79 bits per heavy atom. The molecular weight excluding hydrogens is 474 g/mol. The molecule has 38 heavy (non-hydrogen) atoms. The van der Waals surface area contributed by atoms with Gasteiger partial charge in [-0.15, -0.1) is 0 Å². The van der Waals surface area contributed by atoms with Gasteiger partial charge in [0.25, 0.3) is 0 Å². The van der Waals surface area contributed by atoms with Gasteiger partial charge in [-0.3, -0.25) is 4.79 Å². The van der Waals surface area contributed by atoms with Crippen LogP contribution in [-0.4, -0.2) is 22.8 Å². The summed E-state index contributed by atoms with van der Waals surface area (Å²) < 4.78 is 0. The number of fused-ring (bicyclic) bond motifs is 6. The smallest absolute Gasteiger partial charge is 0.348 e. The van der Waals surface area contributed by atoms with Crippen LogP contribution in [-0.2, 0) is 20.8 Å². The van der Waals surface area contributed by atoms with E-state index in [1.165, 1.54) is 24.8 Å². The molecule has 1 heterocycles. The molecule has 6 heteroatoms. The Labute approximate surface area is 225 Å². The lowest BCUT2D eigenvalue weighted by Crippen LogP contribution is -2.50. The highest BCUT2D eigenvalue weighted by molar-refractivity contribution is 5.84. The third-order valence-electron chi connectivity index (χ3n) is 11.0. The number of allylic oxidation sites excluding steroid dienone is 3. The zero-order chi connectivity index (χ0) is 26.7. The van der Waals surface area contributed by atoms with E-state index in [1.807, 2.05) is 30.5 Å². The SMILES string of the molecule is CC(=O)[C@H]1CCC2C3CCC4=CC(NOC(=O)[C@@H](N)Cc5c[nH]c6ccccc56)=CC[C@]4(C)C3CC[C@@]21C. The average molecular weight is 516 g/mol. The van der Waals surface area contributed by atoms with E-state index in [-0.39, 0.29) is 16.7 Å². The highest BCUT2D eigenvalue weighted by Gasteiger charge is 2.59. The molecule has 202 valence electrons.